The zero-order valence-corrected chi connectivity index (χ0v) is 49.4. The zero-order chi connectivity index (χ0) is 61.9. The second kappa shape index (κ2) is 27.2. The van der Waals surface area contributed by atoms with Gasteiger partial charge in [0.2, 0.25) is 29.5 Å². The van der Waals surface area contributed by atoms with Crippen LogP contribution in [0.4, 0.5) is 34.3 Å². The molecule has 0 saturated carbocycles. The summed E-state index contributed by atoms with van der Waals surface area (Å²) in [6, 6.07) is 34.0. The molecule has 0 unspecified atom stereocenters. The topological polar surface area (TPSA) is 252 Å². The van der Waals surface area contributed by atoms with Crippen LogP contribution in [0.3, 0.4) is 0 Å². The molecule has 0 fully saturated rings. The molecule has 0 radical (unpaired) electrons. The first-order chi connectivity index (χ1) is 41.9. The van der Waals surface area contributed by atoms with Gasteiger partial charge < -0.3 is 33.3 Å². The molecule has 0 spiro atoms. The van der Waals surface area contributed by atoms with Gasteiger partial charge in [-0.1, -0.05) is 36.4 Å². The van der Waals surface area contributed by atoms with Gasteiger partial charge in [-0.25, -0.2) is 19.6 Å². The molecule has 0 saturated heterocycles. The summed E-state index contributed by atoms with van der Waals surface area (Å²) in [5.74, 6) is 0.840. The molecular weight excluding hydrogens is 1110 g/mol. The van der Waals surface area contributed by atoms with Crippen molar-refractivity contribution in [2.45, 2.75) is 38.5 Å². The molecule has 23 heteroatoms. The highest BCUT2D eigenvalue weighted by atomic mass is 16.4. The van der Waals surface area contributed by atoms with Gasteiger partial charge in [0.25, 0.3) is 0 Å². The molecule has 2 aromatic carbocycles. The molecular formula is C64H64N14O9. The number of carbonyl (C=O) groups excluding carboxylic acids is 5. The van der Waals surface area contributed by atoms with Gasteiger partial charge in [0.05, 0.1) is 78.0 Å². The van der Waals surface area contributed by atoms with E-state index in [2.05, 4.69) is 47.9 Å². The third-order valence-corrected chi connectivity index (χ3v) is 15.0. The maximum atomic E-state index is 11.2. The van der Waals surface area contributed by atoms with Gasteiger partial charge in [0.15, 0.2) is 16.8 Å². The fourth-order valence-electron chi connectivity index (χ4n) is 9.93. The molecule has 5 amide bonds. The summed E-state index contributed by atoms with van der Waals surface area (Å²) in [5, 5.41) is 0. The van der Waals surface area contributed by atoms with Crippen molar-refractivity contribution in [3.63, 3.8) is 0 Å². The van der Waals surface area contributed by atoms with E-state index in [9.17, 15) is 33.6 Å². The molecule has 14 heterocycles. The SMILES string of the molecule is CN1C(=O)Cc2ccccc21.CN1C(=O)Cc2cccnc21.CN1C(=O)Cc2ccncc21.CN1C(=O)Cc2cnccc21.CN1C(=O)Cc2ncccc21.CN1CCc2ncccc21.Cn1c(=O)oc2ccccc21.Cn1c(=O)oc2cccnc21. The summed E-state index contributed by atoms with van der Waals surface area (Å²) >= 11 is 0. The molecule has 23 nitrogen and oxygen atoms in total. The van der Waals surface area contributed by atoms with Crippen LogP contribution in [0.5, 0.6) is 0 Å². The predicted octanol–water partition coefficient (Wildman–Crippen LogP) is 6.34. The molecule has 6 aliphatic heterocycles. The molecule has 0 bridgehead atoms. The smallest absolute Gasteiger partial charge is 0.408 e. The lowest BCUT2D eigenvalue weighted by molar-refractivity contribution is -0.117. The van der Waals surface area contributed by atoms with E-state index in [1.165, 1.54) is 20.5 Å². The number of likely N-dealkylation sites (N-methyl/N-ethyl adjacent to an activating group) is 6. The van der Waals surface area contributed by atoms with E-state index in [1.54, 1.807) is 128 Å². The van der Waals surface area contributed by atoms with Crippen LogP contribution in [-0.2, 0) is 76.6 Å². The summed E-state index contributed by atoms with van der Waals surface area (Å²) in [7, 11) is 14.3. The molecule has 0 atom stereocenters. The van der Waals surface area contributed by atoms with Gasteiger partial charge in [-0.15, -0.1) is 0 Å². The number of nitrogens with zero attached hydrogens (tertiary/aromatic N) is 14. The number of fused-ring (bicyclic) bond motifs is 8. The Bertz CT molecular complexity index is 3830. The van der Waals surface area contributed by atoms with E-state index >= 15 is 0 Å². The van der Waals surface area contributed by atoms with Crippen molar-refractivity contribution in [2.24, 2.45) is 14.1 Å². The Balaban J connectivity index is 0.000000119. The van der Waals surface area contributed by atoms with Gasteiger partial charge >= 0.3 is 11.5 Å². The van der Waals surface area contributed by atoms with Gasteiger partial charge in [-0.2, -0.15) is 0 Å². The number of hydrogen-bond donors (Lipinski definition) is 0. The number of anilines is 6. The average Bonchev–Trinajstić information content (AvgIpc) is 4.53. The number of pyridine rings is 6. The van der Waals surface area contributed by atoms with Crippen molar-refractivity contribution < 1.29 is 32.8 Å². The maximum Gasteiger partial charge on any atom is 0.420 e. The van der Waals surface area contributed by atoms with Gasteiger partial charge in [0, 0.05) is 130 Å². The predicted molar refractivity (Wildman–Crippen MR) is 331 cm³/mol. The highest BCUT2D eigenvalue weighted by molar-refractivity contribution is 6.03. The summed E-state index contributed by atoms with van der Waals surface area (Å²) in [4.78, 5) is 112. The van der Waals surface area contributed by atoms with Crippen LogP contribution >= 0.6 is 0 Å². The Morgan fingerprint density at radius 2 is 0.851 bits per heavy atom. The first-order valence-electron chi connectivity index (χ1n) is 27.6. The van der Waals surface area contributed by atoms with Crippen LogP contribution < -0.4 is 40.9 Å². The van der Waals surface area contributed by atoms with Crippen molar-refractivity contribution in [1.82, 2.24) is 39.0 Å². The minimum absolute atomic E-state index is 0.124. The number of benzene rings is 2. The van der Waals surface area contributed by atoms with Crippen LogP contribution in [0.25, 0.3) is 22.3 Å². The molecule has 0 aliphatic carbocycles. The highest BCUT2D eigenvalue weighted by Crippen LogP contribution is 2.29. The van der Waals surface area contributed by atoms with Crippen LogP contribution in [-0.4, -0.2) is 117 Å². The van der Waals surface area contributed by atoms with Crippen molar-refractivity contribution in [3.05, 3.63) is 214 Å². The zero-order valence-electron chi connectivity index (χ0n) is 49.4. The highest BCUT2D eigenvalue weighted by Gasteiger charge is 2.27. The lowest BCUT2D eigenvalue weighted by atomic mass is 10.2. The second-order valence-electron chi connectivity index (χ2n) is 20.5. The van der Waals surface area contributed by atoms with Crippen molar-refractivity contribution >= 4 is 86.1 Å². The molecule has 0 N–H and O–H groups in total. The number of amides is 5. The third-order valence-electron chi connectivity index (χ3n) is 15.0. The summed E-state index contributed by atoms with van der Waals surface area (Å²) in [5.41, 5.74) is 14.2. The monoisotopic (exact) mass is 1170 g/mol. The number of oxazole rings is 2. The molecule has 6 aliphatic rings. The summed E-state index contributed by atoms with van der Waals surface area (Å²) in [6.07, 6.45) is 17.4. The number of aryl methyl sites for hydroxylation is 2. The fourth-order valence-corrected chi connectivity index (χ4v) is 9.93. The van der Waals surface area contributed by atoms with Crippen molar-refractivity contribution in [1.29, 1.82) is 0 Å². The quantitative estimate of drug-likeness (QED) is 0.161. The maximum absolute atomic E-state index is 11.2. The fraction of sp³-hybridized carbons (Fsp3) is 0.234. The molecule has 10 aromatic rings. The minimum Gasteiger partial charge on any atom is -0.408 e. The Hall–Kier alpha value is -11.0. The number of aromatic nitrogens is 8. The third kappa shape index (κ3) is 13.8. The summed E-state index contributed by atoms with van der Waals surface area (Å²) in [6.45, 7) is 1.12. The Morgan fingerprint density at radius 3 is 1.52 bits per heavy atom. The van der Waals surface area contributed by atoms with E-state index < -0.39 is 0 Å². The van der Waals surface area contributed by atoms with Gasteiger partial charge in [-0.3, -0.25) is 57.9 Å². The van der Waals surface area contributed by atoms with E-state index in [0.29, 0.717) is 48.9 Å². The average molecular weight is 1170 g/mol. The van der Waals surface area contributed by atoms with Gasteiger partial charge in [0.1, 0.15) is 5.82 Å². The van der Waals surface area contributed by atoms with E-state index in [1.807, 2.05) is 98.2 Å². The van der Waals surface area contributed by atoms with E-state index in [4.69, 9.17) is 8.83 Å². The second-order valence-corrected chi connectivity index (χ2v) is 20.5. The Labute approximate surface area is 500 Å². The van der Waals surface area contributed by atoms with Crippen molar-refractivity contribution in [2.75, 3.05) is 78.2 Å². The molecule has 8 aromatic heterocycles. The molecule has 444 valence electrons. The van der Waals surface area contributed by atoms with Crippen LogP contribution in [0, 0.1) is 0 Å². The van der Waals surface area contributed by atoms with Crippen LogP contribution in [0.2, 0.25) is 0 Å². The largest absolute Gasteiger partial charge is 0.420 e. The lowest BCUT2D eigenvalue weighted by Gasteiger charge is -2.09. The van der Waals surface area contributed by atoms with Crippen molar-refractivity contribution in [3.8, 4) is 0 Å². The number of carbonyl (C=O) groups is 5. The van der Waals surface area contributed by atoms with Gasteiger partial charge in [-0.05, 0) is 83.9 Å². The number of para-hydroxylation sites is 3. The first-order valence-corrected chi connectivity index (χ1v) is 27.6. The normalized spacial score (nSPS) is 14.2. The standard InChI is InChI=1S/C9H9NO.4C8H8N2O.C8H10N2.C8H7NO2.C7H6N2O2/c1-10-8-5-3-2-4-7(8)6-9(10)11;1-10-7-2-3-9-5-6(7)4-8(10)11;1-10-7-5-9-3-2-6(7)4-8(10)11;1-10-7-3-2-4-9-6(7)5-8(10)11;1-10-7(11)5-6-3-2-4-9-8(6)10;1-10-6-4-7-8(10)3-2-5-9-7;1-9-6-4-2-3-5-7(6)11-8(9)10;1-9-6-5(11-7(9)10)3-2-4-8-6/h2-5H,6H2,1H3;2*2-3,5H,4H2,1H3;2*2-4H,5H2,1H3;2-3,5H,4,6H2,1H3;2-5H,1H3;2-4H,1H3. The van der Waals surface area contributed by atoms with Crippen LogP contribution in [0.15, 0.2) is 177 Å². The Kier molecular flexibility index (Phi) is 18.9. The van der Waals surface area contributed by atoms with Crippen LogP contribution in [0.1, 0.15) is 33.6 Å². The van der Waals surface area contributed by atoms with E-state index in [0.717, 1.165) is 75.0 Å². The minimum atomic E-state index is -0.376. The molecule has 87 heavy (non-hydrogen) atoms. The first kappa shape index (κ1) is 60.6. The summed E-state index contributed by atoms with van der Waals surface area (Å²) < 4.78 is 12.6. The Morgan fingerprint density at radius 1 is 0.368 bits per heavy atom. The molecule has 16 rings (SSSR count). The lowest BCUT2D eigenvalue weighted by Crippen LogP contribution is -2.21. The number of rotatable bonds is 0. The van der Waals surface area contributed by atoms with E-state index in [-0.39, 0.29) is 41.0 Å². The number of hydrogen-bond acceptors (Lipinski definition) is 16.